The molecule has 20 heavy (non-hydrogen) atoms. The topological polar surface area (TPSA) is 61.6 Å². The summed E-state index contributed by atoms with van der Waals surface area (Å²) in [5.41, 5.74) is 0.840. The van der Waals surface area contributed by atoms with Crippen LogP contribution in [0.5, 0.6) is 17.2 Å². The second-order valence-electron chi connectivity index (χ2n) is 3.93. The molecule has 2 aromatic rings. The number of nitrogens with zero attached hydrogens (tertiary/aromatic N) is 1. The molecule has 2 rings (SSSR count). The molecule has 0 spiro atoms. The Hall–Kier alpha value is -2.08. The lowest BCUT2D eigenvalue weighted by Gasteiger charge is -2.10. The van der Waals surface area contributed by atoms with E-state index in [9.17, 15) is 10.1 Å². The first-order chi connectivity index (χ1) is 9.65. The van der Waals surface area contributed by atoms with Gasteiger partial charge in [0.2, 0.25) is 0 Å². The zero-order chi connectivity index (χ0) is 14.5. The number of hydrogen-bond acceptors (Lipinski definition) is 4. The van der Waals surface area contributed by atoms with Gasteiger partial charge in [-0.3, -0.25) is 10.1 Å². The van der Waals surface area contributed by atoms with Crippen molar-refractivity contribution in [2.24, 2.45) is 0 Å². The van der Waals surface area contributed by atoms with Crippen LogP contribution < -0.4 is 9.47 Å². The molecule has 6 heteroatoms. The van der Waals surface area contributed by atoms with Crippen LogP contribution in [0.4, 0.5) is 5.69 Å². The highest BCUT2D eigenvalue weighted by Crippen LogP contribution is 2.34. The van der Waals surface area contributed by atoms with Crippen molar-refractivity contribution in [3.8, 4) is 17.2 Å². The van der Waals surface area contributed by atoms with E-state index in [1.165, 1.54) is 19.2 Å². The maximum atomic E-state index is 11.0. The first kappa shape index (κ1) is 14.3. The maximum Gasteiger partial charge on any atom is 0.314 e. The average Bonchev–Trinajstić information content (AvgIpc) is 2.47. The minimum atomic E-state index is -0.498. The lowest BCUT2D eigenvalue weighted by molar-refractivity contribution is -0.385. The van der Waals surface area contributed by atoms with Crippen LogP contribution in [-0.2, 0) is 5.33 Å². The van der Waals surface area contributed by atoms with Crippen molar-refractivity contribution < 1.29 is 14.4 Å². The molecule has 0 unspecified atom stereocenters. The normalized spacial score (nSPS) is 10.1. The molecule has 0 amide bonds. The second-order valence-corrected chi connectivity index (χ2v) is 4.49. The molecule has 0 aliphatic rings. The number of halogens is 1. The lowest BCUT2D eigenvalue weighted by Crippen LogP contribution is -1.95. The summed E-state index contributed by atoms with van der Waals surface area (Å²) in [5.74, 6) is 1.26. The molecule has 0 N–H and O–H groups in total. The standard InChI is InChI=1S/C14H12BrNO4/c1-19-14-7-6-11(8-12(14)16(17)18)20-13-5-3-2-4-10(13)9-15/h2-8H,9H2,1H3. The van der Waals surface area contributed by atoms with Crippen molar-refractivity contribution in [1.29, 1.82) is 0 Å². The summed E-state index contributed by atoms with van der Waals surface area (Å²) in [4.78, 5) is 10.5. The summed E-state index contributed by atoms with van der Waals surface area (Å²) in [5, 5.41) is 11.6. The molecule has 0 bridgehead atoms. The number of benzene rings is 2. The molecule has 5 nitrogen and oxygen atoms in total. The molecule has 0 aromatic heterocycles. The first-order valence-corrected chi connectivity index (χ1v) is 6.92. The molecule has 0 fully saturated rings. The number of nitro groups is 1. The Bertz CT molecular complexity index is 630. The molecular weight excluding hydrogens is 326 g/mol. The Labute approximate surface area is 124 Å². The van der Waals surface area contributed by atoms with Crippen molar-refractivity contribution in [3.05, 3.63) is 58.1 Å². The third kappa shape index (κ3) is 3.08. The van der Waals surface area contributed by atoms with Crippen molar-refractivity contribution >= 4 is 21.6 Å². The van der Waals surface area contributed by atoms with Gasteiger partial charge in [-0.25, -0.2) is 0 Å². The van der Waals surface area contributed by atoms with Crippen LogP contribution >= 0.6 is 15.9 Å². The van der Waals surface area contributed by atoms with Gasteiger partial charge in [0.25, 0.3) is 0 Å². The zero-order valence-corrected chi connectivity index (χ0v) is 12.3. The summed E-state index contributed by atoms with van der Waals surface area (Å²) in [7, 11) is 1.39. The van der Waals surface area contributed by atoms with E-state index in [1.807, 2.05) is 24.3 Å². The van der Waals surface area contributed by atoms with Crippen molar-refractivity contribution in [1.82, 2.24) is 0 Å². The van der Waals surface area contributed by atoms with Crippen molar-refractivity contribution in [2.75, 3.05) is 7.11 Å². The minimum Gasteiger partial charge on any atom is -0.490 e. The number of para-hydroxylation sites is 1. The fourth-order valence-electron chi connectivity index (χ4n) is 1.72. The Kier molecular flexibility index (Phi) is 4.57. The van der Waals surface area contributed by atoms with E-state index in [0.717, 1.165) is 5.56 Å². The molecule has 0 saturated heterocycles. The van der Waals surface area contributed by atoms with E-state index < -0.39 is 4.92 Å². The van der Waals surface area contributed by atoms with Gasteiger partial charge in [0.15, 0.2) is 5.75 Å². The van der Waals surface area contributed by atoms with Crippen LogP contribution in [-0.4, -0.2) is 12.0 Å². The van der Waals surface area contributed by atoms with Gasteiger partial charge in [0, 0.05) is 10.9 Å². The average molecular weight is 338 g/mol. The van der Waals surface area contributed by atoms with Gasteiger partial charge in [-0.1, -0.05) is 34.1 Å². The number of rotatable bonds is 5. The molecule has 2 aromatic carbocycles. The third-order valence-electron chi connectivity index (χ3n) is 2.69. The number of ether oxygens (including phenoxy) is 2. The molecule has 0 radical (unpaired) electrons. The van der Waals surface area contributed by atoms with Gasteiger partial charge in [-0.2, -0.15) is 0 Å². The third-order valence-corrected chi connectivity index (χ3v) is 3.30. The van der Waals surface area contributed by atoms with Gasteiger partial charge in [0.1, 0.15) is 11.5 Å². The molecule has 0 heterocycles. The van der Waals surface area contributed by atoms with Gasteiger partial charge in [-0.05, 0) is 18.2 Å². The summed E-state index contributed by atoms with van der Waals surface area (Å²) in [6.07, 6.45) is 0. The Morgan fingerprint density at radius 1 is 1.20 bits per heavy atom. The van der Waals surface area contributed by atoms with E-state index in [0.29, 0.717) is 16.8 Å². The van der Waals surface area contributed by atoms with Crippen LogP contribution in [0.2, 0.25) is 0 Å². The monoisotopic (exact) mass is 337 g/mol. The van der Waals surface area contributed by atoms with Gasteiger partial charge in [-0.15, -0.1) is 0 Å². The number of hydrogen-bond donors (Lipinski definition) is 0. The number of alkyl halides is 1. The van der Waals surface area contributed by atoms with Gasteiger partial charge >= 0.3 is 5.69 Å². The van der Waals surface area contributed by atoms with Crippen LogP contribution in [0, 0.1) is 10.1 Å². The molecule has 0 aliphatic carbocycles. The predicted octanol–water partition coefficient (Wildman–Crippen LogP) is 4.29. The van der Waals surface area contributed by atoms with E-state index >= 15 is 0 Å². The lowest BCUT2D eigenvalue weighted by atomic mass is 10.2. The van der Waals surface area contributed by atoms with Crippen LogP contribution in [0.15, 0.2) is 42.5 Å². The Morgan fingerprint density at radius 2 is 1.95 bits per heavy atom. The summed E-state index contributed by atoms with van der Waals surface area (Å²) >= 11 is 3.37. The summed E-state index contributed by atoms with van der Waals surface area (Å²) < 4.78 is 10.7. The van der Waals surface area contributed by atoms with Gasteiger partial charge < -0.3 is 9.47 Å². The van der Waals surface area contributed by atoms with E-state index in [1.54, 1.807) is 6.07 Å². The van der Waals surface area contributed by atoms with E-state index in [2.05, 4.69) is 15.9 Å². The fraction of sp³-hybridized carbons (Fsp3) is 0.143. The molecule has 0 aliphatic heterocycles. The van der Waals surface area contributed by atoms with Crippen molar-refractivity contribution in [3.63, 3.8) is 0 Å². The second kappa shape index (κ2) is 6.38. The highest BCUT2D eigenvalue weighted by molar-refractivity contribution is 9.08. The van der Waals surface area contributed by atoms with E-state index in [4.69, 9.17) is 9.47 Å². The van der Waals surface area contributed by atoms with Gasteiger partial charge in [0.05, 0.1) is 18.1 Å². The molecular formula is C14H12BrNO4. The highest BCUT2D eigenvalue weighted by Gasteiger charge is 2.16. The SMILES string of the molecule is COc1ccc(Oc2ccccc2CBr)cc1[N+](=O)[O-]. The zero-order valence-electron chi connectivity index (χ0n) is 10.7. The van der Waals surface area contributed by atoms with Crippen molar-refractivity contribution in [2.45, 2.75) is 5.33 Å². The summed E-state index contributed by atoms with van der Waals surface area (Å²) in [6.45, 7) is 0. The maximum absolute atomic E-state index is 11.0. The van der Waals surface area contributed by atoms with Crippen LogP contribution in [0.3, 0.4) is 0 Å². The Balaban J connectivity index is 2.34. The number of methoxy groups -OCH3 is 1. The Morgan fingerprint density at radius 3 is 2.60 bits per heavy atom. The largest absolute Gasteiger partial charge is 0.490 e. The quantitative estimate of drug-likeness (QED) is 0.463. The summed E-state index contributed by atoms with van der Waals surface area (Å²) in [6, 6.07) is 12.0. The fourth-order valence-corrected chi connectivity index (χ4v) is 2.18. The predicted molar refractivity (Wildman–Crippen MR) is 78.8 cm³/mol. The first-order valence-electron chi connectivity index (χ1n) is 5.80. The van der Waals surface area contributed by atoms with Crippen LogP contribution in [0.25, 0.3) is 0 Å². The minimum absolute atomic E-state index is 0.124. The molecule has 104 valence electrons. The highest BCUT2D eigenvalue weighted by atomic mass is 79.9. The molecule has 0 atom stereocenters. The van der Waals surface area contributed by atoms with Crippen LogP contribution in [0.1, 0.15) is 5.56 Å². The van der Waals surface area contributed by atoms with E-state index in [-0.39, 0.29) is 11.4 Å². The smallest absolute Gasteiger partial charge is 0.314 e. The molecule has 0 saturated carbocycles. The number of nitro benzene ring substituents is 1.